The fraction of sp³-hybridized carbons (Fsp3) is 0.468. The molecule has 0 aromatic heterocycles. The second-order valence-corrected chi connectivity index (χ2v) is 38.2. The maximum Gasteiger partial charge on any atom is 0.342 e. The zero-order chi connectivity index (χ0) is 103. The Labute approximate surface area is 850 Å². The molecule has 2 saturated heterocycles. The predicted molar refractivity (Wildman–Crippen MR) is 556 cm³/mol. The number of nitrogens with one attached hydrogen (secondary N) is 3. The summed E-state index contributed by atoms with van der Waals surface area (Å²) in [5, 5.41) is 83.6. The Morgan fingerprint density at radius 2 is 1.01 bits per heavy atom. The molecule has 9 N–H and O–H groups in total. The molecular formula is C111H142Cl2N10O20. The molecule has 0 spiro atoms. The van der Waals surface area contributed by atoms with Gasteiger partial charge in [-0.1, -0.05) is 169 Å². The number of hydrogen-bond acceptors (Lipinski definition) is 24. The Kier molecular flexibility index (Phi) is 44.9. The third-order valence-electron chi connectivity index (χ3n) is 26.1. The van der Waals surface area contributed by atoms with Crippen molar-refractivity contribution in [2.75, 3.05) is 90.7 Å². The minimum Gasteiger partial charge on any atom is -0.508 e. The van der Waals surface area contributed by atoms with Crippen LogP contribution in [0.3, 0.4) is 0 Å². The fourth-order valence-electron chi connectivity index (χ4n) is 18.5. The molecule has 0 bridgehead atoms. The summed E-state index contributed by atoms with van der Waals surface area (Å²) in [6.45, 7) is 19.7. The van der Waals surface area contributed by atoms with Crippen molar-refractivity contribution in [2.45, 2.75) is 244 Å². The van der Waals surface area contributed by atoms with Crippen LogP contribution in [0.2, 0.25) is 10.0 Å². The number of para-hydroxylation sites is 2. The van der Waals surface area contributed by atoms with Crippen LogP contribution in [0.4, 0.5) is 11.4 Å². The predicted octanol–water partition coefficient (Wildman–Crippen LogP) is 19.2. The normalized spacial score (nSPS) is 21.0. The molecule has 1 saturated carbocycles. The van der Waals surface area contributed by atoms with Crippen molar-refractivity contribution in [1.29, 1.82) is 0 Å². The van der Waals surface area contributed by atoms with E-state index in [4.69, 9.17) is 51.9 Å². The van der Waals surface area contributed by atoms with Gasteiger partial charge < -0.3 is 96.9 Å². The Morgan fingerprint density at radius 3 is 1.56 bits per heavy atom. The highest BCUT2D eigenvalue weighted by Gasteiger charge is 2.44. The van der Waals surface area contributed by atoms with Crippen molar-refractivity contribution in [3.8, 4) is 34.5 Å². The first kappa shape index (κ1) is 112. The number of amides is 5. The maximum absolute atomic E-state index is 13.9. The zero-order valence-electron chi connectivity index (χ0n) is 83.6. The lowest BCUT2D eigenvalue weighted by Gasteiger charge is -2.27. The maximum atomic E-state index is 13.9. The van der Waals surface area contributed by atoms with Crippen LogP contribution >= 0.6 is 23.2 Å². The first-order valence-corrected chi connectivity index (χ1v) is 50.8. The monoisotopic (exact) mass is 2000 g/mol. The van der Waals surface area contributed by atoms with Gasteiger partial charge in [-0.05, 0) is 188 Å². The summed E-state index contributed by atoms with van der Waals surface area (Å²) >= 11 is 13.0. The summed E-state index contributed by atoms with van der Waals surface area (Å²) in [5.74, 6) is -5.00. The van der Waals surface area contributed by atoms with Crippen LogP contribution in [-0.2, 0) is 82.8 Å². The van der Waals surface area contributed by atoms with Crippen LogP contribution in [0.5, 0.6) is 34.5 Å². The quantitative estimate of drug-likeness (QED) is 0.00527. The number of oxime groups is 3. The van der Waals surface area contributed by atoms with E-state index < -0.39 is 53.1 Å². The molecule has 5 aromatic rings. The van der Waals surface area contributed by atoms with Gasteiger partial charge in [0.05, 0.1) is 39.2 Å². The van der Waals surface area contributed by atoms with E-state index in [2.05, 4.69) is 149 Å². The average Bonchev–Trinajstić information content (AvgIpc) is 1.59. The topological polar surface area (TPSA) is 399 Å². The average molecular weight is 2010 g/mol. The molecule has 13 rings (SSSR count). The van der Waals surface area contributed by atoms with Crippen molar-refractivity contribution in [1.82, 2.24) is 25.8 Å². The number of allylic oxidation sites excluding steroid dienone is 13. The summed E-state index contributed by atoms with van der Waals surface area (Å²) < 4.78 is 19.3. The number of phenols is 6. The second-order valence-electron chi connectivity index (χ2n) is 37.4. The van der Waals surface area contributed by atoms with Gasteiger partial charge in [0.1, 0.15) is 70.4 Å². The molecule has 5 aromatic carbocycles. The molecule has 32 heteroatoms. The van der Waals surface area contributed by atoms with Gasteiger partial charge in [0.2, 0.25) is 17.5 Å². The number of carbonyl (C=O) groups excluding carboxylic acids is 8. The van der Waals surface area contributed by atoms with Gasteiger partial charge in [-0.25, -0.2) is 14.4 Å². The Balaban J connectivity index is 0.000000237. The third-order valence-corrected chi connectivity index (χ3v) is 26.9. The standard InChI is InChI=1S/C55H66ClN5O7.C28H36ClN3O7.C26H34N2O6.C2H5/c1-54(2)41-23-12-14-25-43(41)59(5)47(54)27-20-28-48-55(3,4)42-24-13-15-26-44(42)61(48)34-19-16-29-49(64)57-31-30-39-22-11-8-6-7-10-21-38(58-67-37-50(65)60-32-17-9-18-33-60)35-40-51(53(66)68-39)45(62)36-46(63)52(40)56;1-19(33)30-13-12-21-11-7-4-2-3-6-10-20(31-38-18-25(36)32-14-8-5-9-15-32)16-22-26(28(37)39-21)23(34)17-24(35)27(22)29;29-22-15-20-14-21(28-34-18-24(31)27-17-19-10-6-5-7-11-19)12-8-3-1-2-4-9-13-33-26(32)25(20)23(30)16-22;1-2/h8,10-15,20-21,23-28,36,39H,6-7,9,16-19,22,29-35,37H2,1-5H3,(H2-,57,62,63,64,66);4,6-7,10,17,21,34-35H,2-3,5,8-9,11-16,18H2,1H3,(H,30,33);2,4,8,12,15-16,19,29-30H,1,3,5-7,9-11,13-14,17-18H2,(H,27,31);1H2,2H3/q;;;-1/p+1/b11-8+,21-10+,58-38?;7-4+,10-6+,31-20?;4-2+,12-8+,28-21?;. The van der Waals surface area contributed by atoms with Gasteiger partial charge in [-0.15, -0.1) is 0 Å². The summed E-state index contributed by atoms with van der Waals surface area (Å²) in [4.78, 5) is 124. The molecule has 7 heterocycles. The minimum absolute atomic E-state index is 0.0230. The SMILES string of the molecule is CC(=O)NCCC1C/C=C/CC/C=C/C(=NOCC(=O)N2CCCCC2)Cc2c(Cl)c(O)cc(O)c2C(=O)O1.C[N+]1=C(/C=C/C=C2/N(CCCCC(=O)NCCC3C/C=C/CC/C=C/C(=NOCC(=O)N4CCCCC4)Cc4c(Cl)c(O)cc(O)c4C(=O)O3)c3ccccc3C2(C)C)C(C)(C)c2ccccc21.O=C(CON=C1/C=C/CC/C=C/CCOC(=O)c2c(O)cc(O)cc2C1)NCC1CCCCC1.[CH2-]C. The molecule has 3 fully saturated rings. The number of piperidine rings is 2. The number of carbonyl (C=O) groups is 8. The van der Waals surface area contributed by atoms with Crippen LogP contribution in [0, 0.1) is 12.8 Å². The number of likely N-dealkylation sites (tertiary alicyclic amines) is 2. The lowest BCUT2D eigenvalue weighted by atomic mass is 9.81. The van der Waals surface area contributed by atoms with E-state index in [1.165, 1.54) is 66.2 Å². The molecule has 2 atom stereocenters. The number of rotatable bonds is 24. The van der Waals surface area contributed by atoms with Gasteiger partial charge in [0, 0.05) is 163 Å². The second kappa shape index (κ2) is 57.4. The van der Waals surface area contributed by atoms with E-state index in [0.717, 1.165) is 102 Å². The summed E-state index contributed by atoms with van der Waals surface area (Å²) in [5.41, 5.74) is 8.41. The molecule has 1 aliphatic carbocycles. The van der Waals surface area contributed by atoms with E-state index in [1.807, 2.05) is 54.7 Å². The van der Waals surface area contributed by atoms with E-state index in [0.29, 0.717) is 132 Å². The van der Waals surface area contributed by atoms with Crippen molar-refractivity contribution >= 4 is 105 Å². The van der Waals surface area contributed by atoms with Crippen LogP contribution in [-0.4, -0.2) is 213 Å². The molecule has 30 nitrogen and oxygen atoms in total. The number of fused-ring (bicyclic) bond motifs is 5. The largest absolute Gasteiger partial charge is 0.508 e. The van der Waals surface area contributed by atoms with Crippen molar-refractivity contribution in [3.63, 3.8) is 0 Å². The number of esters is 3. The number of phenolic OH excluding ortho intramolecular Hbond substituents is 6. The molecule has 7 aliphatic heterocycles. The number of benzene rings is 5. The number of aromatic hydroxyl groups is 6. The minimum atomic E-state index is -0.833. The van der Waals surface area contributed by atoms with E-state index >= 15 is 0 Å². The number of ether oxygens (including phenoxy) is 3. The van der Waals surface area contributed by atoms with E-state index in [9.17, 15) is 69.0 Å². The van der Waals surface area contributed by atoms with Gasteiger partial charge in [-0.2, -0.15) is 11.5 Å². The summed E-state index contributed by atoms with van der Waals surface area (Å²) in [6, 6.07) is 21.6. The number of unbranched alkanes of at least 4 members (excludes halogenated alkanes) is 1. The van der Waals surface area contributed by atoms with Crippen LogP contribution in [0.15, 0.2) is 185 Å². The number of hydrogen-bond donors (Lipinski definition) is 9. The van der Waals surface area contributed by atoms with Crippen molar-refractivity contribution in [2.24, 2.45) is 21.4 Å². The first-order valence-electron chi connectivity index (χ1n) is 50.1. The summed E-state index contributed by atoms with van der Waals surface area (Å²) in [6.07, 6.45) is 48.3. The Bertz CT molecular complexity index is 5610. The number of nitrogens with zero attached hydrogens (tertiary/aromatic N) is 7. The molecule has 2 unspecified atom stereocenters. The molecule has 0 radical (unpaired) electrons. The molecular weight excluding hydrogens is 1860 g/mol. The van der Waals surface area contributed by atoms with Crippen LogP contribution in [0.25, 0.3) is 0 Å². The lowest BCUT2D eigenvalue weighted by Crippen LogP contribution is -2.37. The highest BCUT2D eigenvalue weighted by atomic mass is 35.5. The van der Waals surface area contributed by atoms with Gasteiger partial charge in [0.15, 0.2) is 25.5 Å². The van der Waals surface area contributed by atoms with Gasteiger partial charge in [0.25, 0.3) is 17.7 Å². The number of halogens is 2. The lowest BCUT2D eigenvalue weighted by molar-refractivity contribution is -0.401. The van der Waals surface area contributed by atoms with Crippen LogP contribution < -0.4 is 20.9 Å². The molecule has 8 aliphatic rings. The molecule has 5 amide bonds. The molecule has 143 heavy (non-hydrogen) atoms. The fourth-order valence-corrected chi connectivity index (χ4v) is 18.9. The highest BCUT2D eigenvalue weighted by Crippen LogP contribution is 2.49. The van der Waals surface area contributed by atoms with E-state index in [-0.39, 0.29) is 142 Å². The highest BCUT2D eigenvalue weighted by molar-refractivity contribution is 6.34. The van der Waals surface area contributed by atoms with Crippen molar-refractivity contribution in [3.05, 3.63) is 231 Å². The van der Waals surface area contributed by atoms with Crippen LogP contribution in [0.1, 0.15) is 261 Å². The van der Waals surface area contributed by atoms with Crippen molar-refractivity contribution < 1.29 is 102 Å². The summed E-state index contributed by atoms with van der Waals surface area (Å²) in [7, 11) is 2.13. The first-order chi connectivity index (χ1) is 69.0. The van der Waals surface area contributed by atoms with E-state index in [1.54, 1.807) is 35.0 Å². The number of cyclic esters (lactones) is 3. The van der Waals surface area contributed by atoms with Gasteiger partial charge >= 0.3 is 17.9 Å². The number of anilines is 1. The zero-order valence-corrected chi connectivity index (χ0v) is 85.1. The Hall–Kier alpha value is -13.0. The van der Waals surface area contributed by atoms with Gasteiger partial charge in [-0.3, -0.25) is 24.0 Å². The third kappa shape index (κ3) is 33.6. The molecule has 770 valence electrons. The Morgan fingerprint density at radius 1 is 0.531 bits per heavy atom. The smallest absolute Gasteiger partial charge is 0.342 e.